The average molecular weight is 288 g/mol. The van der Waals surface area contributed by atoms with Crippen LogP contribution >= 0.6 is 23.2 Å². The molecule has 0 saturated heterocycles. The van der Waals surface area contributed by atoms with Crippen LogP contribution in [-0.2, 0) is 0 Å². The Morgan fingerprint density at radius 1 is 1.44 bits per heavy atom. The maximum absolute atomic E-state index is 9.98. The SMILES string of the molecule is N=C(/C(CO)=C(\O)C1CC1)C1C(Cl)=CC=CC1Cl. The summed E-state index contributed by atoms with van der Waals surface area (Å²) in [6.45, 7) is -0.366. The molecule has 2 aliphatic rings. The molecule has 3 nitrogen and oxygen atoms in total. The molecule has 3 N–H and O–H groups in total. The van der Waals surface area contributed by atoms with Gasteiger partial charge in [-0.2, -0.15) is 0 Å². The van der Waals surface area contributed by atoms with Gasteiger partial charge in [0, 0.05) is 16.5 Å². The Labute approximate surface area is 116 Å². The van der Waals surface area contributed by atoms with Crippen LogP contribution in [0.5, 0.6) is 0 Å². The fourth-order valence-electron chi connectivity index (χ4n) is 2.01. The largest absolute Gasteiger partial charge is 0.512 e. The molecule has 0 aromatic heterocycles. The summed E-state index contributed by atoms with van der Waals surface area (Å²) in [5.41, 5.74) is 0.363. The molecule has 0 spiro atoms. The molecule has 0 amide bonds. The molecular formula is C13H15Cl2NO2. The van der Waals surface area contributed by atoms with Crippen molar-refractivity contribution in [1.29, 1.82) is 5.41 Å². The summed E-state index contributed by atoms with van der Waals surface area (Å²) < 4.78 is 0. The minimum absolute atomic E-state index is 0.0863. The third-order valence-electron chi connectivity index (χ3n) is 3.23. The summed E-state index contributed by atoms with van der Waals surface area (Å²) in [4.78, 5) is 0. The van der Waals surface area contributed by atoms with Gasteiger partial charge >= 0.3 is 0 Å². The van der Waals surface area contributed by atoms with E-state index in [4.69, 9.17) is 28.6 Å². The lowest BCUT2D eigenvalue weighted by atomic mass is 9.89. The zero-order valence-corrected chi connectivity index (χ0v) is 11.2. The van der Waals surface area contributed by atoms with Crippen LogP contribution < -0.4 is 0 Å². The number of hydrogen-bond donors (Lipinski definition) is 3. The smallest absolute Gasteiger partial charge is 0.103 e. The lowest BCUT2D eigenvalue weighted by Crippen LogP contribution is -2.28. The third kappa shape index (κ3) is 2.63. The predicted molar refractivity (Wildman–Crippen MR) is 73.4 cm³/mol. The minimum Gasteiger partial charge on any atom is -0.512 e. The van der Waals surface area contributed by atoms with Gasteiger partial charge in [0.05, 0.1) is 23.6 Å². The molecule has 0 aromatic rings. The van der Waals surface area contributed by atoms with Crippen LogP contribution in [0.15, 0.2) is 34.6 Å². The van der Waals surface area contributed by atoms with Crippen molar-refractivity contribution in [3.8, 4) is 0 Å². The molecule has 98 valence electrons. The molecule has 1 saturated carbocycles. The molecule has 0 bridgehead atoms. The second-order valence-electron chi connectivity index (χ2n) is 4.57. The first-order valence-corrected chi connectivity index (χ1v) is 6.67. The zero-order chi connectivity index (χ0) is 13.3. The van der Waals surface area contributed by atoms with Crippen LogP contribution in [0, 0.1) is 17.2 Å². The monoisotopic (exact) mass is 287 g/mol. The van der Waals surface area contributed by atoms with Crippen molar-refractivity contribution in [3.05, 3.63) is 34.6 Å². The van der Waals surface area contributed by atoms with Crippen LogP contribution in [-0.4, -0.2) is 27.9 Å². The van der Waals surface area contributed by atoms with Crippen LogP contribution in [0.4, 0.5) is 0 Å². The van der Waals surface area contributed by atoms with Gasteiger partial charge in [0.2, 0.25) is 0 Å². The van der Waals surface area contributed by atoms with E-state index in [2.05, 4.69) is 0 Å². The summed E-state index contributed by atoms with van der Waals surface area (Å²) in [5.74, 6) is -0.296. The van der Waals surface area contributed by atoms with Gasteiger partial charge in [-0.3, -0.25) is 0 Å². The van der Waals surface area contributed by atoms with E-state index in [1.54, 1.807) is 18.2 Å². The molecule has 0 heterocycles. The van der Waals surface area contributed by atoms with Crippen molar-refractivity contribution in [2.45, 2.75) is 18.2 Å². The molecule has 18 heavy (non-hydrogen) atoms. The van der Waals surface area contributed by atoms with Gasteiger partial charge in [0.25, 0.3) is 0 Å². The molecule has 1 fully saturated rings. The molecule has 5 heteroatoms. The summed E-state index contributed by atoms with van der Waals surface area (Å²) in [5, 5.41) is 27.5. The van der Waals surface area contributed by atoms with Crippen molar-refractivity contribution in [3.63, 3.8) is 0 Å². The van der Waals surface area contributed by atoms with Gasteiger partial charge in [0.15, 0.2) is 0 Å². The van der Waals surface area contributed by atoms with Gasteiger partial charge in [-0.15, -0.1) is 11.6 Å². The Morgan fingerprint density at radius 3 is 2.61 bits per heavy atom. The van der Waals surface area contributed by atoms with Crippen molar-refractivity contribution in [2.24, 2.45) is 11.8 Å². The molecule has 2 unspecified atom stereocenters. The highest BCUT2D eigenvalue weighted by Gasteiger charge is 2.34. The summed E-state index contributed by atoms with van der Waals surface area (Å²) in [6, 6.07) is 0. The highest BCUT2D eigenvalue weighted by atomic mass is 35.5. The number of allylic oxidation sites excluding steroid dienone is 5. The Bertz CT molecular complexity index is 450. The Morgan fingerprint density at radius 2 is 2.11 bits per heavy atom. The number of alkyl halides is 1. The first-order valence-electron chi connectivity index (χ1n) is 5.86. The fourth-order valence-corrected chi connectivity index (χ4v) is 2.74. The van der Waals surface area contributed by atoms with Crippen molar-refractivity contribution >= 4 is 28.9 Å². The summed E-state index contributed by atoms with van der Waals surface area (Å²) in [6.07, 6.45) is 6.98. The number of hydrogen-bond acceptors (Lipinski definition) is 3. The molecule has 0 aliphatic heterocycles. The highest BCUT2D eigenvalue weighted by Crippen LogP contribution is 2.38. The molecular weight excluding hydrogens is 273 g/mol. The Hall–Kier alpha value is -0.770. The van der Waals surface area contributed by atoms with Crippen LogP contribution in [0.1, 0.15) is 12.8 Å². The fraction of sp³-hybridized carbons (Fsp3) is 0.462. The summed E-state index contributed by atoms with van der Waals surface area (Å²) >= 11 is 12.2. The van der Waals surface area contributed by atoms with Gasteiger partial charge in [-0.05, 0) is 18.9 Å². The van der Waals surface area contributed by atoms with Crippen molar-refractivity contribution < 1.29 is 10.2 Å². The van der Waals surface area contributed by atoms with Crippen LogP contribution in [0.25, 0.3) is 0 Å². The average Bonchev–Trinajstić information content (AvgIpc) is 3.13. The van der Waals surface area contributed by atoms with E-state index in [1.807, 2.05) is 0 Å². The molecule has 2 aliphatic carbocycles. The van der Waals surface area contributed by atoms with Crippen LogP contribution in [0.3, 0.4) is 0 Å². The van der Waals surface area contributed by atoms with Gasteiger partial charge < -0.3 is 15.6 Å². The van der Waals surface area contributed by atoms with E-state index < -0.39 is 11.3 Å². The van der Waals surface area contributed by atoms with Gasteiger partial charge in [-0.1, -0.05) is 23.8 Å². The van der Waals surface area contributed by atoms with Crippen molar-refractivity contribution in [2.75, 3.05) is 6.61 Å². The molecule has 0 aromatic carbocycles. The first-order chi connectivity index (χ1) is 8.56. The second-order valence-corrected chi connectivity index (χ2v) is 5.51. The first kappa shape index (κ1) is 13.7. The van der Waals surface area contributed by atoms with E-state index in [0.29, 0.717) is 5.03 Å². The van der Waals surface area contributed by atoms with E-state index in [1.165, 1.54) is 0 Å². The normalized spacial score (nSPS) is 28.7. The third-order valence-corrected chi connectivity index (χ3v) is 3.99. The van der Waals surface area contributed by atoms with E-state index in [9.17, 15) is 10.2 Å². The Balaban J connectivity index is 2.27. The predicted octanol–water partition coefficient (Wildman–Crippen LogP) is 3.14. The topological polar surface area (TPSA) is 64.3 Å². The second kappa shape index (κ2) is 5.47. The minimum atomic E-state index is -0.499. The molecule has 0 radical (unpaired) electrons. The van der Waals surface area contributed by atoms with Crippen LogP contribution in [0.2, 0.25) is 0 Å². The summed E-state index contributed by atoms with van der Waals surface area (Å²) in [7, 11) is 0. The van der Waals surface area contributed by atoms with E-state index in [0.717, 1.165) is 12.8 Å². The quantitative estimate of drug-likeness (QED) is 0.423. The van der Waals surface area contributed by atoms with Crippen molar-refractivity contribution in [1.82, 2.24) is 0 Å². The standard InChI is InChI=1S/C13H15Cl2NO2/c14-9-2-1-3-10(15)11(9)12(16)8(6-17)13(18)7-4-5-7/h1-3,7,9,11,16-18H,4-6H2/b13-8-,16-12?. The maximum atomic E-state index is 9.98. The molecule has 2 atom stereocenters. The van der Waals surface area contributed by atoms with E-state index in [-0.39, 0.29) is 29.6 Å². The number of rotatable bonds is 4. The van der Waals surface area contributed by atoms with Gasteiger partial charge in [-0.25, -0.2) is 0 Å². The number of nitrogens with one attached hydrogen (secondary N) is 1. The Kier molecular flexibility index (Phi) is 4.15. The van der Waals surface area contributed by atoms with Gasteiger partial charge in [0.1, 0.15) is 5.76 Å². The maximum Gasteiger partial charge on any atom is 0.103 e. The number of halogens is 2. The molecule has 2 rings (SSSR count). The highest BCUT2D eigenvalue weighted by molar-refractivity contribution is 6.35. The zero-order valence-electron chi connectivity index (χ0n) is 9.74. The number of aliphatic hydroxyl groups excluding tert-OH is 2. The lowest BCUT2D eigenvalue weighted by Gasteiger charge is -2.24. The lowest BCUT2D eigenvalue weighted by molar-refractivity contribution is 0.313. The number of aliphatic hydroxyl groups is 2. The van der Waals surface area contributed by atoms with E-state index >= 15 is 0 Å².